The van der Waals surface area contributed by atoms with Crippen molar-refractivity contribution in [3.05, 3.63) is 77.4 Å². The minimum atomic E-state index is -0.624. The van der Waals surface area contributed by atoms with E-state index in [-0.39, 0.29) is 5.91 Å². The number of hydrogen-bond donors (Lipinski definition) is 1. The Morgan fingerprint density at radius 1 is 1.00 bits per heavy atom. The van der Waals surface area contributed by atoms with Gasteiger partial charge in [-0.15, -0.1) is 0 Å². The molecule has 1 aliphatic rings. The number of rotatable bonds is 7. The van der Waals surface area contributed by atoms with Crippen molar-refractivity contribution in [3.8, 4) is 5.75 Å². The lowest BCUT2D eigenvalue weighted by Gasteiger charge is -2.21. The Balaban J connectivity index is 1.51. The molecule has 0 bridgehead atoms. The van der Waals surface area contributed by atoms with E-state index in [1.54, 1.807) is 4.57 Å². The third kappa shape index (κ3) is 5.36. The van der Waals surface area contributed by atoms with Gasteiger partial charge in [-0.2, -0.15) is 0 Å². The number of carbonyl (C=O) groups is 2. The molecule has 0 radical (unpaired) electrons. The van der Waals surface area contributed by atoms with Gasteiger partial charge in [-0.1, -0.05) is 36.4 Å². The zero-order valence-corrected chi connectivity index (χ0v) is 23.6. The van der Waals surface area contributed by atoms with Crippen LogP contribution in [-0.4, -0.2) is 54.3 Å². The molecule has 39 heavy (non-hydrogen) atoms. The van der Waals surface area contributed by atoms with Gasteiger partial charge in [0.05, 0.1) is 16.6 Å². The first-order valence-corrected chi connectivity index (χ1v) is 13.5. The highest BCUT2D eigenvalue weighted by atomic mass is 16.6. The number of fused-ring (bicyclic) bond motifs is 3. The summed E-state index contributed by atoms with van der Waals surface area (Å²) in [6.07, 6.45) is 1.23. The molecule has 3 aromatic carbocycles. The molecule has 1 amide bonds. The summed E-state index contributed by atoms with van der Waals surface area (Å²) in [6, 6.07) is 19.5. The van der Waals surface area contributed by atoms with Crippen LogP contribution in [-0.2, 0) is 10.3 Å². The maximum Gasteiger partial charge on any atom is 0.419 e. The number of nitrogens with zero attached hydrogens (tertiary/aromatic N) is 2. The average Bonchev–Trinajstić information content (AvgIpc) is 3.56. The van der Waals surface area contributed by atoms with Crippen LogP contribution >= 0.6 is 0 Å². The molecule has 0 aliphatic heterocycles. The Kier molecular flexibility index (Phi) is 6.89. The lowest BCUT2D eigenvalue weighted by molar-refractivity contribution is 0.0551. The zero-order chi connectivity index (χ0) is 27.9. The summed E-state index contributed by atoms with van der Waals surface area (Å²) in [5.74, 6) is 0.552. The Morgan fingerprint density at radius 2 is 1.72 bits per heavy atom. The first-order valence-electron chi connectivity index (χ1n) is 13.5. The zero-order valence-electron chi connectivity index (χ0n) is 23.6. The summed E-state index contributed by atoms with van der Waals surface area (Å²) >= 11 is 0. The third-order valence-corrected chi connectivity index (χ3v) is 7.15. The number of aromatic nitrogens is 1. The lowest BCUT2D eigenvalue weighted by atomic mass is 9.97. The lowest BCUT2D eigenvalue weighted by Crippen LogP contribution is -2.35. The number of hydrogen-bond acceptors (Lipinski definition) is 5. The number of carbonyl (C=O) groups excluding carboxylic acids is 2. The van der Waals surface area contributed by atoms with Gasteiger partial charge >= 0.3 is 6.09 Å². The molecular weight excluding hydrogens is 490 g/mol. The molecule has 1 aromatic heterocycles. The molecule has 1 heterocycles. The fourth-order valence-corrected chi connectivity index (χ4v) is 5.08. The van der Waals surface area contributed by atoms with E-state index >= 15 is 0 Å². The number of para-hydroxylation sites is 1. The predicted molar refractivity (Wildman–Crippen MR) is 155 cm³/mol. The molecule has 0 atom stereocenters. The molecule has 204 valence electrons. The molecule has 5 rings (SSSR count). The Bertz CT molecular complexity index is 1560. The molecule has 0 saturated heterocycles. The summed E-state index contributed by atoms with van der Waals surface area (Å²) in [4.78, 5) is 29.0. The summed E-state index contributed by atoms with van der Waals surface area (Å²) in [5, 5.41) is 5.27. The van der Waals surface area contributed by atoms with E-state index in [0.29, 0.717) is 17.9 Å². The second-order valence-electron chi connectivity index (χ2n) is 11.7. The molecule has 1 fully saturated rings. The van der Waals surface area contributed by atoms with Crippen molar-refractivity contribution in [2.24, 2.45) is 0 Å². The molecule has 0 unspecified atom stereocenters. The minimum absolute atomic E-state index is 0.129. The summed E-state index contributed by atoms with van der Waals surface area (Å²) < 4.78 is 13.3. The smallest absolute Gasteiger partial charge is 0.419 e. The Morgan fingerprint density at radius 3 is 2.41 bits per heavy atom. The molecule has 1 N–H and O–H groups in total. The van der Waals surface area contributed by atoms with Crippen LogP contribution in [0.5, 0.6) is 5.75 Å². The largest absolute Gasteiger partial charge is 0.492 e. The van der Waals surface area contributed by atoms with Gasteiger partial charge in [-0.05, 0) is 90.0 Å². The van der Waals surface area contributed by atoms with Crippen LogP contribution in [0.3, 0.4) is 0 Å². The van der Waals surface area contributed by atoms with Gasteiger partial charge in [0.25, 0.3) is 5.91 Å². The van der Waals surface area contributed by atoms with Gasteiger partial charge in [0.2, 0.25) is 0 Å². The van der Waals surface area contributed by atoms with Crippen LogP contribution in [0.1, 0.15) is 55.1 Å². The highest BCUT2D eigenvalue weighted by molar-refractivity contribution is 6.14. The Labute approximate surface area is 229 Å². The minimum Gasteiger partial charge on any atom is -0.492 e. The van der Waals surface area contributed by atoms with E-state index < -0.39 is 17.2 Å². The molecule has 0 spiro atoms. The van der Waals surface area contributed by atoms with Crippen LogP contribution in [0, 0.1) is 6.92 Å². The molecule has 1 aliphatic carbocycles. The molecule has 4 aromatic rings. The molecule has 7 nitrogen and oxygen atoms in total. The van der Waals surface area contributed by atoms with Gasteiger partial charge < -0.3 is 19.7 Å². The van der Waals surface area contributed by atoms with Crippen LogP contribution in [0.15, 0.2) is 60.7 Å². The Hall–Kier alpha value is -3.84. The van der Waals surface area contributed by atoms with Crippen molar-refractivity contribution >= 4 is 33.8 Å². The van der Waals surface area contributed by atoms with E-state index in [1.807, 2.05) is 96.4 Å². The van der Waals surface area contributed by atoms with Gasteiger partial charge in [0, 0.05) is 22.9 Å². The van der Waals surface area contributed by atoms with Crippen LogP contribution in [0.4, 0.5) is 4.79 Å². The first kappa shape index (κ1) is 26.8. The van der Waals surface area contributed by atoms with E-state index in [1.165, 1.54) is 0 Å². The van der Waals surface area contributed by atoms with Crippen molar-refractivity contribution in [2.45, 2.75) is 51.7 Å². The highest BCUT2D eigenvalue weighted by Crippen LogP contribution is 2.50. The van der Waals surface area contributed by atoms with E-state index in [2.05, 4.69) is 16.3 Å². The highest BCUT2D eigenvalue weighted by Gasteiger charge is 2.47. The van der Waals surface area contributed by atoms with Crippen molar-refractivity contribution in [1.82, 2.24) is 14.8 Å². The van der Waals surface area contributed by atoms with E-state index in [9.17, 15) is 9.59 Å². The molecule has 7 heteroatoms. The van der Waals surface area contributed by atoms with Gasteiger partial charge in [0.1, 0.15) is 18.0 Å². The SMILES string of the molecule is Cc1ccc(OCCN(C)C)cc1C(=O)NC1(c2cccc3c2c2ccccc2n3C(=O)OC(C)(C)C)CC1. The average molecular weight is 528 g/mol. The summed E-state index contributed by atoms with van der Waals surface area (Å²) in [7, 11) is 4.00. The van der Waals surface area contributed by atoms with Gasteiger partial charge in [0.15, 0.2) is 0 Å². The van der Waals surface area contributed by atoms with Gasteiger partial charge in [-0.3, -0.25) is 4.79 Å². The number of amides is 1. The summed E-state index contributed by atoms with van der Waals surface area (Å²) in [6.45, 7) is 8.87. The fourth-order valence-electron chi connectivity index (χ4n) is 5.08. The number of ether oxygens (including phenoxy) is 2. The second-order valence-corrected chi connectivity index (χ2v) is 11.7. The topological polar surface area (TPSA) is 72.8 Å². The van der Waals surface area contributed by atoms with E-state index in [0.717, 1.165) is 52.3 Å². The second kappa shape index (κ2) is 10.0. The van der Waals surface area contributed by atoms with Crippen molar-refractivity contribution in [2.75, 3.05) is 27.2 Å². The van der Waals surface area contributed by atoms with Crippen molar-refractivity contribution in [3.63, 3.8) is 0 Å². The predicted octanol–water partition coefficient (Wildman–Crippen LogP) is 6.25. The third-order valence-electron chi connectivity index (χ3n) is 7.15. The van der Waals surface area contributed by atoms with E-state index in [4.69, 9.17) is 9.47 Å². The number of aryl methyl sites for hydroxylation is 1. The molecular formula is C32H37N3O4. The quantitative estimate of drug-likeness (QED) is 0.308. The first-order chi connectivity index (χ1) is 18.5. The number of likely N-dealkylation sites (N-methyl/N-ethyl adjacent to an activating group) is 1. The van der Waals surface area contributed by atoms with Crippen molar-refractivity contribution < 1.29 is 19.1 Å². The van der Waals surface area contributed by atoms with Gasteiger partial charge in [-0.25, -0.2) is 9.36 Å². The van der Waals surface area contributed by atoms with Crippen LogP contribution in [0.25, 0.3) is 21.8 Å². The monoisotopic (exact) mass is 527 g/mol. The normalized spacial score (nSPS) is 14.5. The maximum atomic E-state index is 13.6. The van der Waals surface area contributed by atoms with Crippen molar-refractivity contribution in [1.29, 1.82) is 0 Å². The number of benzene rings is 3. The summed E-state index contributed by atoms with van der Waals surface area (Å²) in [5.41, 5.74) is 2.94. The fraction of sp³-hybridized carbons (Fsp3) is 0.375. The standard InChI is InChI=1S/C32H37N3O4/c1-21-14-15-22(38-19-18-34(5)6)20-24(21)29(36)33-32(16-17-32)25-11-9-13-27-28(25)23-10-7-8-12-26(23)35(27)30(37)39-31(2,3)4/h7-15,20H,16-19H2,1-6H3,(H,33,36). The van der Waals surface area contributed by atoms with Crippen LogP contribution < -0.4 is 10.1 Å². The number of nitrogens with one attached hydrogen (secondary N) is 1. The molecule has 1 saturated carbocycles. The van der Waals surface area contributed by atoms with Crippen LogP contribution in [0.2, 0.25) is 0 Å². The maximum absolute atomic E-state index is 13.6.